The second-order valence-corrected chi connectivity index (χ2v) is 5.09. The molecule has 0 aliphatic rings. The molecule has 0 aliphatic carbocycles. The first-order chi connectivity index (χ1) is 9.70. The summed E-state index contributed by atoms with van der Waals surface area (Å²) in [4.78, 5) is 11.9. The highest BCUT2D eigenvalue weighted by Gasteiger charge is 2.13. The Hall–Kier alpha value is -2.02. The molecular weight excluding hydrogens is 276 g/mol. The second kappa shape index (κ2) is 6.95. The number of hydrogen-bond acceptors (Lipinski definition) is 5. The van der Waals surface area contributed by atoms with E-state index in [1.807, 2.05) is 17.6 Å². The van der Waals surface area contributed by atoms with Crippen molar-refractivity contribution in [3.63, 3.8) is 0 Å². The molecule has 0 spiro atoms. The van der Waals surface area contributed by atoms with Crippen molar-refractivity contribution < 1.29 is 9.21 Å². The van der Waals surface area contributed by atoms with Gasteiger partial charge in [0.1, 0.15) is 12.1 Å². The molecule has 0 fully saturated rings. The SMILES string of the molecule is C=CCn1cnnc1SCC(=O)N[C@@H](C)c1ccco1. The molecule has 1 atom stereocenters. The lowest BCUT2D eigenvalue weighted by Crippen LogP contribution is -2.28. The molecular formula is C13H16N4O2S. The molecule has 0 bridgehead atoms. The summed E-state index contributed by atoms with van der Waals surface area (Å²) < 4.78 is 7.07. The molecule has 2 rings (SSSR count). The van der Waals surface area contributed by atoms with Crippen molar-refractivity contribution in [2.24, 2.45) is 0 Å². The van der Waals surface area contributed by atoms with E-state index in [9.17, 15) is 4.79 Å². The van der Waals surface area contributed by atoms with Crippen molar-refractivity contribution in [3.05, 3.63) is 43.1 Å². The zero-order valence-electron chi connectivity index (χ0n) is 11.2. The minimum absolute atomic E-state index is 0.0768. The first kappa shape index (κ1) is 14.4. The van der Waals surface area contributed by atoms with E-state index in [4.69, 9.17) is 4.42 Å². The van der Waals surface area contributed by atoms with Gasteiger partial charge in [0.2, 0.25) is 5.91 Å². The molecule has 0 unspecified atom stereocenters. The van der Waals surface area contributed by atoms with Gasteiger partial charge in [0, 0.05) is 6.54 Å². The van der Waals surface area contributed by atoms with Crippen LogP contribution in [0.2, 0.25) is 0 Å². The normalized spacial score (nSPS) is 12.1. The number of hydrogen-bond donors (Lipinski definition) is 1. The number of aromatic nitrogens is 3. The minimum Gasteiger partial charge on any atom is -0.467 e. The molecule has 0 saturated heterocycles. The van der Waals surface area contributed by atoms with E-state index in [1.165, 1.54) is 11.8 Å². The Morgan fingerprint density at radius 3 is 3.25 bits per heavy atom. The predicted octanol–water partition coefficient (Wildman–Crippen LogP) is 2.03. The van der Waals surface area contributed by atoms with Crippen molar-refractivity contribution in [2.45, 2.75) is 24.7 Å². The fraction of sp³-hybridized carbons (Fsp3) is 0.308. The van der Waals surface area contributed by atoms with Crippen molar-refractivity contribution >= 4 is 17.7 Å². The molecule has 7 heteroatoms. The van der Waals surface area contributed by atoms with Gasteiger partial charge in [-0.25, -0.2) is 0 Å². The highest BCUT2D eigenvalue weighted by atomic mass is 32.2. The maximum absolute atomic E-state index is 11.9. The topological polar surface area (TPSA) is 73.0 Å². The third-order valence-electron chi connectivity index (χ3n) is 2.59. The van der Waals surface area contributed by atoms with Gasteiger partial charge in [-0.2, -0.15) is 0 Å². The van der Waals surface area contributed by atoms with Gasteiger partial charge in [-0.1, -0.05) is 17.8 Å². The average Bonchev–Trinajstić information content (AvgIpc) is 3.08. The Balaban J connectivity index is 1.83. The summed E-state index contributed by atoms with van der Waals surface area (Å²) in [5.74, 6) is 0.936. The van der Waals surface area contributed by atoms with E-state index >= 15 is 0 Å². The van der Waals surface area contributed by atoms with Gasteiger partial charge >= 0.3 is 0 Å². The van der Waals surface area contributed by atoms with Crippen LogP contribution in [0.3, 0.4) is 0 Å². The van der Waals surface area contributed by atoms with Gasteiger partial charge in [-0.15, -0.1) is 16.8 Å². The molecule has 1 N–H and O–H groups in total. The van der Waals surface area contributed by atoms with Crippen LogP contribution in [0.25, 0.3) is 0 Å². The van der Waals surface area contributed by atoms with Crippen LogP contribution >= 0.6 is 11.8 Å². The van der Waals surface area contributed by atoms with Crippen LogP contribution < -0.4 is 5.32 Å². The van der Waals surface area contributed by atoms with Crippen LogP contribution in [0.15, 0.2) is 47.0 Å². The number of allylic oxidation sites excluding steroid dienone is 1. The third-order valence-corrected chi connectivity index (χ3v) is 3.57. The zero-order valence-corrected chi connectivity index (χ0v) is 12.0. The smallest absolute Gasteiger partial charge is 0.231 e. The van der Waals surface area contributed by atoms with Crippen LogP contribution in [0, 0.1) is 0 Å². The van der Waals surface area contributed by atoms with Gasteiger partial charge in [0.25, 0.3) is 0 Å². The Labute approximate surface area is 121 Å². The van der Waals surface area contributed by atoms with Crippen LogP contribution in [-0.2, 0) is 11.3 Å². The second-order valence-electron chi connectivity index (χ2n) is 4.15. The zero-order chi connectivity index (χ0) is 14.4. The minimum atomic E-state index is -0.149. The van der Waals surface area contributed by atoms with Gasteiger partial charge in [-0.3, -0.25) is 4.79 Å². The lowest BCUT2D eigenvalue weighted by Gasteiger charge is -2.11. The van der Waals surface area contributed by atoms with Gasteiger partial charge in [-0.05, 0) is 19.1 Å². The van der Waals surface area contributed by atoms with E-state index in [2.05, 4.69) is 22.1 Å². The Bertz CT molecular complexity index is 565. The summed E-state index contributed by atoms with van der Waals surface area (Å²) in [6, 6.07) is 3.48. The number of rotatable bonds is 7. The molecule has 0 saturated carbocycles. The summed E-state index contributed by atoms with van der Waals surface area (Å²) >= 11 is 1.34. The van der Waals surface area contributed by atoms with Crippen molar-refractivity contribution in [1.29, 1.82) is 0 Å². The number of furan rings is 1. The summed E-state index contributed by atoms with van der Waals surface area (Å²) in [6.07, 6.45) is 4.96. The highest BCUT2D eigenvalue weighted by Crippen LogP contribution is 2.16. The molecule has 0 radical (unpaired) electrons. The lowest BCUT2D eigenvalue weighted by molar-refractivity contribution is -0.119. The Morgan fingerprint density at radius 2 is 2.55 bits per heavy atom. The van der Waals surface area contributed by atoms with Gasteiger partial charge in [0.05, 0.1) is 18.1 Å². The van der Waals surface area contributed by atoms with E-state index in [1.54, 1.807) is 24.7 Å². The highest BCUT2D eigenvalue weighted by molar-refractivity contribution is 7.99. The predicted molar refractivity (Wildman–Crippen MR) is 76.2 cm³/mol. The van der Waals surface area contributed by atoms with E-state index < -0.39 is 0 Å². The maximum Gasteiger partial charge on any atom is 0.231 e. The number of amides is 1. The average molecular weight is 292 g/mol. The summed E-state index contributed by atoms with van der Waals surface area (Å²) in [5.41, 5.74) is 0. The van der Waals surface area contributed by atoms with Gasteiger partial charge in [0.15, 0.2) is 5.16 Å². The molecule has 2 aromatic rings. The molecule has 1 amide bonds. The molecule has 2 heterocycles. The number of carbonyl (C=O) groups excluding carboxylic acids is 1. The number of nitrogens with zero attached hydrogens (tertiary/aromatic N) is 3. The number of carbonyl (C=O) groups is 1. The summed E-state index contributed by atoms with van der Waals surface area (Å²) in [6.45, 7) is 6.17. The van der Waals surface area contributed by atoms with Crippen LogP contribution in [-0.4, -0.2) is 26.4 Å². The summed E-state index contributed by atoms with van der Waals surface area (Å²) in [7, 11) is 0. The third kappa shape index (κ3) is 3.74. The molecule has 6 nitrogen and oxygen atoms in total. The molecule has 0 aromatic carbocycles. The first-order valence-electron chi connectivity index (χ1n) is 6.15. The molecule has 106 valence electrons. The van der Waals surface area contributed by atoms with E-state index in [-0.39, 0.29) is 17.7 Å². The van der Waals surface area contributed by atoms with E-state index in [0.717, 1.165) is 5.76 Å². The van der Waals surface area contributed by atoms with Crippen LogP contribution in [0.1, 0.15) is 18.7 Å². The molecule has 0 aliphatic heterocycles. The van der Waals surface area contributed by atoms with E-state index in [0.29, 0.717) is 11.7 Å². The fourth-order valence-electron chi connectivity index (χ4n) is 1.64. The lowest BCUT2D eigenvalue weighted by atomic mass is 10.2. The molecule has 2 aromatic heterocycles. The number of thioether (sulfide) groups is 1. The molecule has 20 heavy (non-hydrogen) atoms. The fourth-order valence-corrected chi connectivity index (χ4v) is 2.38. The standard InChI is InChI=1S/C13H16N4O2S/c1-3-6-17-9-14-16-13(17)20-8-12(18)15-10(2)11-5-4-7-19-11/h3-5,7,9-10H,1,6,8H2,2H3,(H,15,18)/t10-/m0/s1. The monoisotopic (exact) mass is 292 g/mol. The Morgan fingerprint density at radius 1 is 1.70 bits per heavy atom. The van der Waals surface area contributed by atoms with Crippen molar-refractivity contribution in [2.75, 3.05) is 5.75 Å². The van der Waals surface area contributed by atoms with Crippen molar-refractivity contribution in [1.82, 2.24) is 20.1 Å². The number of nitrogens with one attached hydrogen (secondary N) is 1. The Kier molecular flexibility index (Phi) is 5.00. The van der Waals surface area contributed by atoms with Crippen molar-refractivity contribution in [3.8, 4) is 0 Å². The quantitative estimate of drug-likeness (QED) is 0.624. The van der Waals surface area contributed by atoms with Gasteiger partial charge < -0.3 is 14.3 Å². The van der Waals surface area contributed by atoms with Crippen LogP contribution in [0.5, 0.6) is 0 Å². The van der Waals surface area contributed by atoms with Crippen LogP contribution in [0.4, 0.5) is 0 Å². The first-order valence-corrected chi connectivity index (χ1v) is 7.13. The largest absolute Gasteiger partial charge is 0.467 e. The maximum atomic E-state index is 11.9. The summed E-state index contributed by atoms with van der Waals surface area (Å²) in [5, 5.41) is 11.3.